The molecule has 0 saturated heterocycles. The molecule has 27 aromatic rings. The summed E-state index contributed by atoms with van der Waals surface area (Å²) in [5, 5.41) is 16.3. The summed E-state index contributed by atoms with van der Waals surface area (Å²) in [6.45, 7) is 0. The second-order valence-electron chi connectivity index (χ2n) is 37.1. The highest BCUT2D eigenvalue weighted by Crippen LogP contribution is 2.44. The van der Waals surface area contributed by atoms with Crippen LogP contribution in [0.15, 0.2) is 577 Å². The summed E-state index contributed by atoms with van der Waals surface area (Å²) < 4.78 is 7.00. The van der Waals surface area contributed by atoms with Crippen molar-refractivity contribution in [1.29, 1.82) is 0 Å². The fraction of sp³-hybridized carbons (Fsp3) is 0. The van der Waals surface area contributed by atoms with E-state index in [2.05, 4.69) is 590 Å². The van der Waals surface area contributed by atoms with Gasteiger partial charge in [0.05, 0.1) is 16.6 Å². The Bertz CT molecular complexity index is 9330. The van der Waals surface area contributed by atoms with Crippen LogP contribution in [0.4, 0.5) is 0 Å². The summed E-state index contributed by atoms with van der Waals surface area (Å²) in [5.74, 6) is 0. The Hall–Kier alpha value is -18.8. The zero-order chi connectivity index (χ0) is 94.9. The Morgan fingerprint density at radius 3 is 0.587 bits per heavy atom. The molecule has 27 rings (SSSR count). The SMILES string of the molecule is c1ccc(-c2ccc(-c3ccc4c(c3)c(-c3ccc(-c5ccccc5)cc3)cn4-c3ccc(-c4ccc5ccccc5c4)cc3)cc2)cc1.c1ccc(-c2ccc3c(c2)c(-c2ccccc2)cn3-c2ccc(-c3ccc4ccccc4c3)cc2)cc1.c1ccc2cc(-c3ccc(-n4cc(-c5ccc(-c6cccc7ccccc67)cc5)c5cc(-c6ccc(-c7cccc8ccccc78)cc6)ccc54)cc3)ccc2c1. The molecule has 0 spiro atoms. The van der Waals surface area contributed by atoms with Crippen LogP contribution >= 0.6 is 0 Å². The third kappa shape index (κ3) is 17.2. The number of fused-ring (bicyclic) bond motifs is 8. The van der Waals surface area contributed by atoms with E-state index >= 15 is 0 Å². The first-order chi connectivity index (χ1) is 70.8. The topological polar surface area (TPSA) is 14.8 Å². The van der Waals surface area contributed by atoms with Crippen LogP contribution in [0.2, 0.25) is 0 Å². The number of benzene rings is 24. The third-order valence-electron chi connectivity index (χ3n) is 28.5. The number of hydrogen-bond acceptors (Lipinski definition) is 0. The van der Waals surface area contributed by atoms with E-state index in [1.807, 2.05) is 0 Å². The summed E-state index contributed by atoms with van der Waals surface area (Å²) in [7, 11) is 0. The smallest absolute Gasteiger partial charge is 0.0535 e. The molecule has 0 unspecified atom stereocenters. The van der Waals surface area contributed by atoms with Gasteiger partial charge in [-0.25, -0.2) is 0 Å². The maximum atomic E-state index is 2.37. The highest BCUT2D eigenvalue weighted by Gasteiger charge is 2.21. The number of aromatic nitrogens is 3. The Balaban J connectivity index is 0.000000115. The molecule has 0 amide bonds. The van der Waals surface area contributed by atoms with Gasteiger partial charge in [0.1, 0.15) is 0 Å². The molecule has 3 aromatic heterocycles. The minimum absolute atomic E-state index is 1.13. The van der Waals surface area contributed by atoms with Crippen LogP contribution in [-0.4, -0.2) is 13.7 Å². The molecule has 0 N–H and O–H groups in total. The number of rotatable bonds is 16. The molecule has 0 aliphatic rings. The molecular weight excluding hydrogens is 1720 g/mol. The van der Waals surface area contributed by atoms with Crippen LogP contribution < -0.4 is 0 Å². The summed E-state index contributed by atoms with van der Waals surface area (Å²) in [4.78, 5) is 0. The maximum Gasteiger partial charge on any atom is 0.0535 e. The molecule has 0 atom stereocenters. The Labute approximate surface area is 832 Å². The van der Waals surface area contributed by atoms with E-state index in [1.165, 1.54) is 231 Å². The van der Waals surface area contributed by atoms with E-state index in [-0.39, 0.29) is 0 Å². The molecule has 0 saturated carbocycles. The van der Waals surface area contributed by atoms with E-state index in [9.17, 15) is 0 Å². The number of hydrogen-bond donors (Lipinski definition) is 0. The van der Waals surface area contributed by atoms with E-state index in [1.54, 1.807) is 0 Å². The lowest BCUT2D eigenvalue weighted by atomic mass is 9.94. The second-order valence-corrected chi connectivity index (χ2v) is 37.1. The zero-order valence-corrected chi connectivity index (χ0v) is 78.7. The fourth-order valence-corrected chi connectivity index (χ4v) is 20.9. The van der Waals surface area contributed by atoms with Crippen molar-refractivity contribution in [2.24, 2.45) is 0 Å². The lowest BCUT2D eigenvalue weighted by molar-refractivity contribution is 1.13. The second kappa shape index (κ2) is 37.9. The molecule has 3 heterocycles. The van der Waals surface area contributed by atoms with Crippen LogP contribution in [0, 0.1) is 0 Å². The fourth-order valence-electron chi connectivity index (χ4n) is 20.9. The van der Waals surface area contributed by atoms with Gasteiger partial charge >= 0.3 is 0 Å². The first-order valence-electron chi connectivity index (χ1n) is 49.2. The van der Waals surface area contributed by atoms with Crippen molar-refractivity contribution in [2.75, 3.05) is 0 Å². The highest BCUT2D eigenvalue weighted by molar-refractivity contribution is 6.05. The molecule has 0 bridgehead atoms. The van der Waals surface area contributed by atoms with Crippen molar-refractivity contribution in [1.82, 2.24) is 13.7 Å². The van der Waals surface area contributed by atoms with Gasteiger partial charge in [-0.2, -0.15) is 0 Å². The minimum Gasteiger partial charge on any atom is -0.316 e. The molecular formula is C140H95N3. The summed E-state index contributed by atoms with van der Waals surface area (Å²) in [5.41, 5.74) is 38.8. The quantitative estimate of drug-likeness (QED) is 0.0916. The normalized spacial score (nSPS) is 11.4. The van der Waals surface area contributed by atoms with Crippen molar-refractivity contribution in [3.63, 3.8) is 0 Å². The van der Waals surface area contributed by atoms with Gasteiger partial charge in [-0.05, 0) is 273 Å². The Morgan fingerprint density at radius 1 is 0.0979 bits per heavy atom. The van der Waals surface area contributed by atoms with Gasteiger partial charge in [-0.15, -0.1) is 0 Å². The van der Waals surface area contributed by atoms with Crippen molar-refractivity contribution < 1.29 is 0 Å². The summed E-state index contributed by atoms with van der Waals surface area (Å²) >= 11 is 0. The van der Waals surface area contributed by atoms with Gasteiger partial charge in [0.15, 0.2) is 0 Å². The van der Waals surface area contributed by atoms with E-state index < -0.39 is 0 Å². The van der Waals surface area contributed by atoms with Crippen molar-refractivity contribution in [3.8, 4) is 162 Å². The predicted molar refractivity (Wildman–Crippen MR) is 608 cm³/mol. The first kappa shape index (κ1) is 85.8. The van der Waals surface area contributed by atoms with E-state index in [4.69, 9.17) is 0 Å². The summed E-state index contributed by atoms with van der Waals surface area (Å²) in [6.07, 6.45) is 6.89. The van der Waals surface area contributed by atoms with Crippen LogP contribution in [0.3, 0.4) is 0 Å². The summed E-state index contributed by atoms with van der Waals surface area (Å²) in [6, 6.07) is 202. The molecule has 24 aromatic carbocycles. The van der Waals surface area contributed by atoms with Gasteiger partial charge in [0, 0.05) is 68.5 Å². The van der Waals surface area contributed by atoms with Gasteiger partial charge < -0.3 is 13.7 Å². The molecule has 0 radical (unpaired) electrons. The van der Waals surface area contributed by atoms with Gasteiger partial charge in [0.2, 0.25) is 0 Å². The first-order valence-corrected chi connectivity index (χ1v) is 49.2. The predicted octanol–water partition coefficient (Wildman–Crippen LogP) is 38.3. The zero-order valence-electron chi connectivity index (χ0n) is 78.7. The molecule has 670 valence electrons. The lowest BCUT2D eigenvalue weighted by Crippen LogP contribution is -1.92. The number of nitrogens with zero attached hydrogens (tertiary/aromatic N) is 3. The minimum atomic E-state index is 1.13. The average Bonchev–Trinajstić information content (AvgIpc) is 1.61. The largest absolute Gasteiger partial charge is 0.316 e. The Kier molecular flexibility index (Phi) is 22.8. The standard InChI is InChI=1S/C56H37N.C48H33N.C36H25N/c1-2-12-46-35-47(28-21-38(46)9-1)40-29-32-49(33-30-40)57-37-55(45-26-24-44(25-27-45)53-18-8-14-42-11-4-6-16-51(42)53)54-36-48(31-34-56(54)57)39-19-22-43(23-20-39)52-17-7-13-41-10-3-5-15-50(41)52;1-3-9-34(10-4-1)37-15-17-39(18-16-37)44-27-30-48-46(32-44)47(41-22-19-38(20-23-41)35-11-5-2-6-12-35)33-49(48)45-28-25-40(26-29-45)43-24-21-36-13-7-8-14-42(36)31-43;1-3-9-26(10-4-1)32-19-22-36-34(24-32)35(29-12-5-2-6-13-29)25-37(36)33-20-17-28(18-21-33)31-16-15-27-11-7-8-14-30(27)23-31/h1-37H;1-33H;1-25H. The van der Waals surface area contributed by atoms with E-state index in [0.717, 1.165) is 17.1 Å². The van der Waals surface area contributed by atoms with Crippen LogP contribution in [0.25, 0.3) is 248 Å². The van der Waals surface area contributed by atoms with Gasteiger partial charge in [-0.3, -0.25) is 0 Å². The Morgan fingerprint density at radius 2 is 0.287 bits per heavy atom. The van der Waals surface area contributed by atoms with Crippen LogP contribution in [0.1, 0.15) is 0 Å². The molecule has 0 aliphatic carbocycles. The molecule has 0 fully saturated rings. The van der Waals surface area contributed by atoms with Crippen molar-refractivity contribution in [2.45, 2.75) is 0 Å². The van der Waals surface area contributed by atoms with Gasteiger partial charge in [-0.1, -0.05) is 467 Å². The third-order valence-corrected chi connectivity index (χ3v) is 28.5. The molecule has 143 heavy (non-hydrogen) atoms. The highest BCUT2D eigenvalue weighted by atomic mass is 15.0. The van der Waals surface area contributed by atoms with Crippen molar-refractivity contribution >= 4 is 86.6 Å². The molecule has 3 heteroatoms. The molecule has 3 nitrogen and oxygen atoms in total. The maximum absolute atomic E-state index is 2.37. The van der Waals surface area contributed by atoms with Crippen LogP contribution in [0.5, 0.6) is 0 Å². The van der Waals surface area contributed by atoms with Crippen molar-refractivity contribution in [3.05, 3.63) is 577 Å². The monoisotopic (exact) mass is 1820 g/mol. The lowest BCUT2D eigenvalue weighted by Gasteiger charge is -2.10. The molecule has 0 aliphatic heterocycles. The van der Waals surface area contributed by atoms with E-state index in [0.29, 0.717) is 0 Å². The average molecular weight is 1820 g/mol. The van der Waals surface area contributed by atoms with Crippen LogP contribution in [-0.2, 0) is 0 Å². The van der Waals surface area contributed by atoms with Gasteiger partial charge in [0.25, 0.3) is 0 Å².